The van der Waals surface area contributed by atoms with Crippen molar-refractivity contribution in [3.05, 3.63) is 59.5 Å². The molecule has 0 aliphatic carbocycles. The third kappa shape index (κ3) is 3.76. The minimum Gasteiger partial charge on any atom is -0.475 e. The maximum absolute atomic E-state index is 12.1. The van der Waals surface area contributed by atoms with E-state index in [1.165, 1.54) is 6.07 Å². The summed E-state index contributed by atoms with van der Waals surface area (Å²) in [6, 6.07) is 12.7. The van der Waals surface area contributed by atoms with Crippen molar-refractivity contribution >= 4 is 12.1 Å². The summed E-state index contributed by atoms with van der Waals surface area (Å²) in [4.78, 5) is 24.7. The monoisotopic (exact) mass is 329 g/mol. The number of nitrogens with zero attached hydrogens (tertiary/aromatic N) is 1. The van der Waals surface area contributed by atoms with Crippen molar-refractivity contribution in [3.8, 4) is 0 Å². The lowest BCUT2D eigenvalue weighted by atomic mass is 9.95. The Balaban J connectivity index is 1.49. The molecule has 1 amide bonds. The average molecular weight is 329 g/mol. The third-order valence-corrected chi connectivity index (χ3v) is 4.20. The van der Waals surface area contributed by atoms with E-state index < -0.39 is 5.97 Å². The van der Waals surface area contributed by atoms with Crippen LogP contribution in [0.3, 0.4) is 0 Å². The maximum Gasteiger partial charge on any atom is 0.410 e. The molecule has 1 aliphatic rings. The number of hydrogen-bond acceptors (Lipinski definition) is 4. The summed E-state index contributed by atoms with van der Waals surface area (Å²) in [5.41, 5.74) is 0.956. The van der Waals surface area contributed by atoms with Gasteiger partial charge in [-0.05, 0) is 30.5 Å². The Morgan fingerprint density at radius 2 is 1.83 bits per heavy atom. The number of carboxylic acid groups (broad SMARTS) is 1. The second-order valence-electron chi connectivity index (χ2n) is 5.81. The van der Waals surface area contributed by atoms with Crippen molar-refractivity contribution in [1.29, 1.82) is 0 Å². The average Bonchev–Trinajstić information content (AvgIpc) is 3.11. The molecule has 2 heterocycles. The van der Waals surface area contributed by atoms with E-state index in [0.29, 0.717) is 18.8 Å². The molecule has 3 rings (SSSR count). The number of ether oxygens (including phenoxy) is 1. The normalized spacial score (nSPS) is 15.2. The van der Waals surface area contributed by atoms with Crippen LogP contribution in [-0.2, 0) is 11.3 Å². The Bertz CT molecular complexity index is 701. The number of piperidine rings is 1. The molecule has 126 valence electrons. The largest absolute Gasteiger partial charge is 0.475 e. The standard InChI is InChI=1S/C18H19NO5/c20-17(21)16-7-6-15(24-16)14-8-10-19(11-9-14)18(22)23-12-13-4-2-1-3-5-13/h1-7,14H,8-12H2,(H,20,21). The molecule has 1 saturated heterocycles. The number of furan rings is 1. The predicted octanol–water partition coefficient (Wildman–Crippen LogP) is 3.49. The van der Waals surface area contributed by atoms with Gasteiger partial charge in [-0.25, -0.2) is 9.59 Å². The van der Waals surface area contributed by atoms with Gasteiger partial charge in [-0.1, -0.05) is 30.3 Å². The Kier molecular flexibility index (Phi) is 4.84. The van der Waals surface area contributed by atoms with Crippen LogP contribution in [0.5, 0.6) is 0 Å². The van der Waals surface area contributed by atoms with Gasteiger partial charge >= 0.3 is 12.1 Å². The zero-order chi connectivity index (χ0) is 16.9. The molecule has 0 spiro atoms. The van der Waals surface area contributed by atoms with Crippen molar-refractivity contribution in [1.82, 2.24) is 4.90 Å². The second kappa shape index (κ2) is 7.21. The Labute approximate surface area is 139 Å². The van der Waals surface area contributed by atoms with Crippen molar-refractivity contribution in [3.63, 3.8) is 0 Å². The molecular formula is C18H19NO5. The molecular weight excluding hydrogens is 310 g/mol. The topological polar surface area (TPSA) is 80.0 Å². The van der Waals surface area contributed by atoms with Crippen LogP contribution in [-0.4, -0.2) is 35.2 Å². The fourth-order valence-electron chi connectivity index (χ4n) is 2.84. The Morgan fingerprint density at radius 3 is 2.46 bits per heavy atom. The summed E-state index contributed by atoms with van der Waals surface area (Å²) in [5.74, 6) is -0.307. The Morgan fingerprint density at radius 1 is 1.12 bits per heavy atom. The number of carbonyl (C=O) groups excluding carboxylic acids is 1. The molecule has 1 fully saturated rings. The van der Waals surface area contributed by atoms with Crippen LogP contribution in [0.2, 0.25) is 0 Å². The van der Waals surface area contributed by atoms with Crippen LogP contribution in [0.25, 0.3) is 0 Å². The summed E-state index contributed by atoms with van der Waals surface area (Å²) in [5, 5.41) is 8.90. The van der Waals surface area contributed by atoms with Gasteiger partial charge in [0.05, 0.1) is 0 Å². The van der Waals surface area contributed by atoms with Gasteiger partial charge in [-0.3, -0.25) is 0 Å². The highest BCUT2D eigenvalue weighted by molar-refractivity contribution is 5.84. The van der Waals surface area contributed by atoms with Gasteiger partial charge in [0.1, 0.15) is 12.4 Å². The molecule has 6 heteroatoms. The number of amides is 1. The molecule has 0 radical (unpaired) electrons. The molecule has 0 unspecified atom stereocenters. The first-order valence-corrected chi connectivity index (χ1v) is 7.92. The van der Waals surface area contributed by atoms with E-state index in [-0.39, 0.29) is 24.4 Å². The highest BCUT2D eigenvalue weighted by atomic mass is 16.6. The number of rotatable bonds is 4. The molecule has 6 nitrogen and oxygen atoms in total. The summed E-state index contributed by atoms with van der Waals surface area (Å²) in [6.07, 6.45) is 1.14. The molecule has 0 saturated carbocycles. The van der Waals surface area contributed by atoms with E-state index in [9.17, 15) is 9.59 Å². The van der Waals surface area contributed by atoms with Gasteiger partial charge in [0.25, 0.3) is 0 Å². The zero-order valence-corrected chi connectivity index (χ0v) is 13.2. The fraction of sp³-hybridized carbons (Fsp3) is 0.333. The van der Waals surface area contributed by atoms with Crippen LogP contribution in [0.1, 0.15) is 40.6 Å². The van der Waals surface area contributed by atoms with Gasteiger partial charge in [-0.15, -0.1) is 0 Å². The zero-order valence-electron chi connectivity index (χ0n) is 13.2. The van der Waals surface area contributed by atoms with Crippen LogP contribution in [0, 0.1) is 0 Å². The number of aromatic carboxylic acids is 1. The van der Waals surface area contributed by atoms with Crippen molar-refractivity contribution in [2.24, 2.45) is 0 Å². The van der Waals surface area contributed by atoms with Crippen LogP contribution in [0.15, 0.2) is 46.9 Å². The smallest absolute Gasteiger partial charge is 0.410 e. The quantitative estimate of drug-likeness (QED) is 0.928. The van der Waals surface area contributed by atoms with Crippen LogP contribution >= 0.6 is 0 Å². The summed E-state index contributed by atoms with van der Waals surface area (Å²) >= 11 is 0. The number of benzene rings is 1. The minimum absolute atomic E-state index is 0.0466. The first-order valence-electron chi connectivity index (χ1n) is 7.92. The number of likely N-dealkylation sites (tertiary alicyclic amines) is 1. The molecule has 0 atom stereocenters. The molecule has 1 aromatic heterocycles. The van der Waals surface area contributed by atoms with Gasteiger partial charge in [0.2, 0.25) is 5.76 Å². The third-order valence-electron chi connectivity index (χ3n) is 4.20. The fourth-order valence-corrected chi connectivity index (χ4v) is 2.84. The maximum atomic E-state index is 12.1. The summed E-state index contributed by atoms with van der Waals surface area (Å²) in [6.45, 7) is 1.41. The SMILES string of the molecule is O=C(O)c1ccc(C2CCN(C(=O)OCc3ccccc3)CC2)o1. The first kappa shape index (κ1) is 16.1. The van der Waals surface area contributed by atoms with E-state index in [0.717, 1.165) is 18.4 Å². The van der Waals surface area contributed by atoms with Crippen LogP contribution in [0.4, 0.5) is 4.79 Å². The van der Waals surface area contributed by atoms with E-state index in [4.69, 9.17) is 14.3 Å². The van der Waals surface area contributed by atoms with Gasteiger partial charge in [0, 0.05) is 19.0 Å². The minimum atomic E-state index is -1.07. The van der Waals surface area contributed by atoms with Crippen LogP contribution < -0.4 is 0 Å². The van der Waals surface area contributed by atoms with Gasteiger partial charge in [0.15, 0.2) is 0 Å². The lowest BCUT2D eigenvalue weighted by Crippen LogP contribution is -2.38. The lowest BCUT2D eigenvalue weighted by Gasteiger charge is -2.30. The number of hydrogen-bond donors (Lipinski definition) is 1. The molecule has 2 aromatic rings. The molecule has 1 N–H and O–H groups in total. The molecule has 0 bridgehead atoms. The van der Waals surface area contributed by atoms with E-state index in [1.807, 2.05) is 30.3 Å². The molecule has 1 aliphatic heterocycles. The van der Waals surface area contributed by atoms with E-state index in [1.54, 1.807) is 11.0 Å². The Hall–Kier alpha value is -2.76. The summed E-state index contributed by atoms with van der Waals surface area (Å²) in [7, 11) is 0. The highest BCUT2D eigenvalue weighted by Crippen LogP contribution is 2.29. The number of carboxylic acids is 1. The van der Waals surface area contributed by atoms with Crippen molar-refractivity contribution < 1.29 is 23.8 Å². The van der Waals surface area contributed by atoms with Crippen molar-refractivity contribution in [2.45, 2.75) is 25.4 Å². The predicted molar refractivity (Wildman–Crippen MR) is 85.8 cm³/mol. The van der Waals surface area contributed by atoms with Crippen molar-refractivity contribution in [2.75, 3.05) is 13.1 Å². The number of carbonyl (C=O) groups is 2. The molecule has 1 aromatic carbocycles. The van der Waals surface area contributed by atoms with Gasteiger partial charge in [-0.2, -0.15) is 0 Å². The van der Waals surface area contributed by atoms with E-state index >= 15 is 0 Å². The first-order chi connectivity index (χ1) is 11.6. The van der Waals surface area contributed by atoms with Gasteiger partial charge < -0.3 is 19.2 Å². The van der Waals surface area contributed by atoms with E-state index in [2.05, 4.69) is 0 Å². The summed E-state index contributed by atoms with van der Waals surface area (Å²) < 4.78 is 10.7. The lowest BCUT2D eigenvalue weighted by molar-refractivity contribution is 0.0658. The molecule has 24 heavy (non-hydrogen) atoms. The second-order valence-corrected chi connectivity index (χ2v) is 5.81. The highest BCUT2D eigenvalue weighted by Gasteiger charge is 2.27.